The van der Waals surface area contributed by atoms with Gasteiger partial charge in [-0.25, -0.2) is 0 Å². The highest BCUT2D eigenvalue weighted by atomic mass is 16.5. The van der Waals surface area contributed by atoms with Crippen molar-refractivity contribution in [3.05, 3.63) is 11.6 Å². The van der Waals surface area contributed by atoms with E-state index in [1.807, 2.05) is 0 Å². The first-order valence-corrected chi connectivity index (χ1v) is 9.19. The molecule has 0 amide bonds. The van der Waals surface area contributed by atoms with Gasteiger partial charge in [-0.15, -0.1) is 0 Å². The fourth-order valence-corrected chi connectivity index (χ4v) is 6.68. The summed E-state index contributed by atoms with van der Waals surface area (Å²) in [4.78, 5) is 0. The number of aliphatic hydroxyl groups is 4. The molecule has 0 spiro atoms. The van der Waals surface area contributed by atoms with E-state index in [-0.39, 0.29) is 5.41 Å². The van der Waals surface area contributed by atoms with Crippen molar-refractivity contribution in [1.29, 1.82) is 0 Å². The predicted octanol–water partition coefficient (Wildman–Crippen LogP) is 1.96. The SMILES string of the molecule is C[C@]12C[C@@H](O)[C@H](O)CC1=CC[C@@H]1[C@@H]2CC[C@@]2(C)[C@H]1CCC2(O)O. The van der Waals surface area contributed by atoms with Crippen LogP contribution in [-0.4, -0.2) is 38.4 Å². The van der Waals surface area contributed by atoms with Gasteiger partial charge in [0.05, 0.1) is 12.2 Å². The molecule has 0 aromatic carbocycles. The quantitative estimate of drug-likeness (QED) is 0.406. The van der Waals surface area contributed by atoms with Crippen molar-refractivity contribution in [2.24, 2.45) is 28.6 Å². The maximum Gasteiger partial charge on any atom is 0.168 e. The van der Waals surface area contributed by atoms with Crippen molar-refractivity contribution in [2.45, 2.75) is 76.8 Å². The summed E-state index contributed by atoms with van der Waals surface area (Å²) in [7, 11) is 0. The van der Waals surface area contributed by atoms with E-state index in [1.165, 1.54) is 5.57 Å². The summed E-state index contributed by atoms with van der Waals surface area (Å²) >= 11 is 0. The zero-order valence-electron chi connectivity index (χ0n) is 14.2. The Morgan fingerprint density at radius 3 is 2.43 bits per heavy atom. The lowest BCUT2D eigenvalue weighted by molar-refractivity contribution is -0.247. The second-order valence-electron chi connectivity index (χ2n) is 9.11. The lowest BCUT2D eigenvalue weighted by atomic mass is 9.47. The molecule has 7 atom stereocenters. The number of rotatable bonds is 0. The molecule has 4 N–H and O–H groups in total. The van der Waals surface area contributed by atoms with Crippen LogP contribution in [0.4, 0.5) is 0 Å². The average Bonchev–Trinajstić information content (AvgIpc) is 2.71. The van der Waals surface area contributed by atoms with Crippen LogP contribution in [0, 0.1) is 28.6 Å². The van der Waals surface area contributed by atoms with Gasteiger partial charge in [-0.3, -0.25) is 0 Å². The number of allylic oxidation sites excluding steroid dienone is 1. The lowest BCUT2D eigenvalue weighted by Gasteiger charge is -2.58. The van der Waals surface area contributed by atoms with E-state index in [9.17, 15) is 20.4 Å². The molecule has 4 aliphatic carbocycles. The van der Waals surface area contributed by atoms with Crippen molar-refractivity contribution in [3.63, 3.8) is 0 Å². The van der Waals surface area contributed by atoms with Crippen molar-refractivity contribution >= 4 is 0 Å². The molecule has 0 aliphatic heterocycles. The van der Waals surface area contributed by atoms with Crippen LogP contribution in [-0.2, 0) is 0 Å². The monoisotopic (exact) mass is 322 g/mol. The summed E-state index contributed by atoms with van der Waals surface area (Å²) in [6, 6.07) is 0. The second-order valence-corrected chi connectivity index (χ2v) is 9.11. The highest BCUT2D eigenvalue weighted by molar-refractivity contribution is 5.26. The van der Waals surface area contributed by atoms with Crippen molar-refractivity contribution in [1.82, 2.24) is 0 Å². The lowest BCUT2D eigenvalue weighted by Crippen LogP contribution is -2.56. The third-order valence-electron chi connectivity index (χ3n) is 8.24. The van der Waals surface area contributed by atoms with E-state index in [0.717, 1.165) is 25.7 Å². The van der Waals surface area contributed by atoms with E-state index in [1.54, 1.807) is 0 Å². The molecule has 0 bridgehead atoms. The Morgan fingerprint density at radius 1 is 1.00 bits per heavy atom. The molecule has 0 heterocycles. The molecule has 4 aliphatic rings. The molecule has 0 unspecified atom stereocenters. The first-order chi connectivity index (χ1) is 10.7. The van der Waals surface area contributed by atoms with Gasteiger partial charge in [0.15, 0.2) is 5.79 Å². The molecule has 130 valence electrons. The van der Waals surface area contributed by atoms with Crippen molar-refractivity contribution in [2.75, 3.05) is 0 Å². The first-order valence-electron chi connectivity index (χ1n) is 9.19. The summed E-state index contributed by atoms with van der Waals surface area (Å²) in [5, 5.41) is 41.2. The summed E-state index contributed by atoms with van der Waals surface area (Å²) in [5.41, 5.74) is 0.874. The summed E-state index contributed by atoms with van der Waals surface area (Å²) in [6.07, 6.45) is 6.41. The van der Waals surface area contributed by atoms with Gasteiger partial charge in [-0.1, -0.05) is 25.5 Å². The molecule has 4 rings (SSSR count). The second kappa shape index (κ2) is 4.81. The minimum absolute atomic E-state index is 0.0426. The largest absolute Gasteiger partial charge is 0.390 e. The summed E-state index contributed by atoms with van der Waals surface area (Å²) in [5.74, 6) is -0.242. The van der Waals surface area contributed by atoms with E-state index >= 15 is 0 Å². The van der Waals surface area contributed by atoms with Crippen LogP contribution in [0.1, 0.15) is 58.8 Å². The molecule has 3 fully saturated rings. The third-order valence-corrected chi connectivity index (χ3v) is 8.24. The van der Waals surface area contributed by atoms with Gasteiger partial charge < -0.3 is 20.4 Å². The Kier molecular flexibility index (Phi) is 3.36. The summed E-state index contributed by atoms with van der Waals surface area (Å²) < 4.78 is 0. The van der Waals surface area contributed by atoms with E-state index in [0.29, 0.717) is 37.0 Å². The molecule has 4 heteroatoms. The highest BCUT2D eigenvalue weighted by Gasteiger charge is 2.63. The van der Waals surface area contributed by atoms with Gasteiger partial charge in [0, 0.05) is 11.8 Å². The molecular formula is C19H30O4. The zero-order chi connectivity index (χ0) is 16.6. The topological polar surface area (TPSA) is 80.9 Å². The van der Waals surface area contributed by atoms with Gasteiger partial charge in [-0.2, -0.15) is 0 Å². The van der Waals surface area contributed by atoms with E-state index in [2.05, 4.69) is 19.9 Å². The van der Waals surface area contributed by atoms with Gasteiger partial charge >= 0.3 is 0 Å². The van der Waals surface area contributed by atoms with Gasteiger partial charge in [0.25, 0.3) is 0 Å². The highest BCUT2D eigenvalue weighted by Crippen LogP contribution is 2.66. The van der Waals surface area contributed by atoms with Crippen molar-refractivity contribution < 1.29 is 20.4 Å². The normalized spacial score (nSPS) is 54.7. The van der Waals surface area contributed by atoms with Crippen LogP contribution in [0.5, 0.6) is 0 Å². The molecule has 3 saturated carbocycles. The van der Waals surface area contributed by atoms with E-state index in [4.69, 9.17) is 0 Å². The standard InChI is InChI=1S/C19H30O4/c1-17-10-16(21)15(20)9-11(17)3-4-12-13(17)5-7-18(2)14(12)6-8-19(18,22)23/h3,12-16,20-23H,4-10H2,1-2H3/t12-,13+,14+,15-,16-,17+,18+/m1/s1. The van der Waals surface area contributed by atoms with Gasteiger partial charge in [0.2, 0.25) is 0 Å². The first kappa shape index (κ1) is 16.1. The summed E-state index contributed by atoms with van der Waals surface area (Å²) in [6.45, 7) is 4.31. The Bertz CT molecular complexity index is 541. The molecule has 0 radical (unpaired) electrons. The number of fused-ring (bicyclic) bond motifs is 5. The average molecular weight is 322 g/mol. The molecule has 0 saturated heterocycles. The molecular weight excluding hydrogens is 292 g/mol. The zero-order valence-corrected chi connectivity index (χ0v) is 14.2. The van der Waals surface area contributed by atoms with Gasteiger partial charge in [0.1, 0.15) is 0 Å². The van der Waals surface area contributed by atoms with Crippen LogP contribution < -0.4 is 0 Å². The smallest absolute Gasteiger partial charge is 0.168 e. The van der Waals surface area contributed by atoms with E-state index < -0.39 is 23.4 Å². The van der Waals surface area contributed by atoms with Crippen LogP contribution in [0.15, 0.2) is 11.6 Å². The van der Waals surface area contributed by atoms with Crippen molar-refractivity contribution in [3.8, 4) is 0 Å². The van der Waals surface area contributed by atoms with Crippen LogP contribution in [0.2, 0.25) is 0 Å². The van der Waals surface area contributed by atoms with Crippen LogP contribution in [0.3, 0.4) is 0 Å². The molecule has 0 aromatic rings. The Labute approximate surface area is 138 Å². The predicted molar refractivity (Wildman–Crippen MR) is 86.3 cm³/mol. The Morgan fingerprint density at radius 2 is 1.70 bits per heavy atom. The third kappa shape index (κ3) is 1.98. The Hall–Kier alpha value is -0.420. The minimum Gasteiger partial charge on any atom is -0.390 e. The number of aliphatic hydroxyl groups excluding tert-OH is 2. The number of hydrogen-bond acceptors (Lipinski definition) is 4. The molecule has 23 heavy (non-hydrogen) atoms. The van der Waals surface area contributed by atoms with Crippen LogP contribution >= 0.6 is 0 Å². The van der Waals surface area contributed by atoms with Gasteiger partial charge in [-0.05, 0) is 61.7 Å². The Balaban J connectivity index is 1.69. The van der Waals surface area contributed by atoms with Crippen LogP contribution in [0.25, 0.3) is 0 Å². The maximum atomic E-state index is 10.5. The molecule has 0 aromatic heterocycles. The number of hydrogen-bond donors (Lipinski definition) is 4. The maximum absolute atomic E-state index is 10.5. The fourth-order valence-electron chi connectivity index (χ4n) is 6.68. The molecule has 4 nitrogen and oxygen atoms in total. The minimum atomic E-state index is -1.53. The fraction of sp³-hybridized carbons (Fsp3) is 0.895.